The zero-order chi connectivity index (χ0) is 28.5. The number of carbonyl (C=O) groups excluding carboxylic acids is 1. The van der Waals surface area contributed by atoms with Crippen molar-refractivity contribution in [3.05, 3.63) is 87.3 Å². The lowest BCUT2D eigenvalue weighted by Gasteiger charge is -2.23. The number of allylic oxidation sites excluding steroid dienone is 3. The highest BCUT2D eigenvalue weighted by Gasteiger charge is 2.30. The van der Waals surface area contributed by atoms with E-state index in [1.807, 2.05) is 52.0 Å². The van der Waals surface area contributed by atoms with Crippen LogP contribution in [0, 0.1) is 13.8 Å². The van der Waals surface area contributed by atoms with Crippen molar-refractivity contribution in [3.8, 4) is 17.2 Å². The Labute approximate surface area is 234 Å². The number of ether oxygens (including phenoxy) is 2. The van der Waals surface area contributed by atoms with Gasteiger partial charge in [-0.25, -0.2) is 4.79 Å². The van der Waals surface area contributed by atoms with Gasteiger partial charge in [0.2, 0.25) is 0 Å². The van der Waals surface area contributed by atoms with Gasteiger partial charge in [0.15, 0.2) is 5.60 Å². The molecule has 0 spiro atoms. The van der Waals surface area contributed by atoms with Crippen LogP contribution in [-0.2, 0) is 16.1 Å². The van der Waals surface area contributed by atoms with Crippen LogP contribution in [0.15, 0.2) is 70.6 Å². The van der Waals surface area contributed by atoms with E-state index in [0.717, 1.165) is 22.3 Å². The third kappa shape index (κ3) is 9.62. The third-order valence-corrected chi connectivity index (χ3v) is 6.83. The fourth-order valence-corrected chi connectivity index (χ4v) is 4.31. The summed E-state index contributed by atoms with van der Waals surface area (Å²) in [5.41, 5.74) is 2.23. The van der Waals surface area contributed by atoms with Gasteiger partial charge >= 0.3 is 5.97 Å². The molecule has 2 rings (SSSR count). The lowest BCUT2D eigenvalue weighted by molar-refractivity contribution is -0.152. The van der Waals surface area contributed by atoms with Crippen LogP contribution in [0.5, 0.6) is 17.2 Å². The van der Waals surface area contributed by atoms with E-state index in [4.69, 9.17) is 21.1 Å². The Morgan fingerprint density at radius 1 is 1.13 bits per heavy atom. The Morgan fingerprint density at radius 3 is 2.45 bits per heavy atom. The van der Waals surface area contributed by atoms with Crippen LogP contribution in [0.1, 0.15) is 50.8 Å². The van der Waals surface area contributed by atoms with Crippen LogP contribution in [0.2, 0.25) is 0 Å². The van der Waals surface area contributed by atoms with E-state index in [0.29, 0.717) is 45.9 Å². The number of carboxylic acid groups (broad SMARTS) is 1. The molecule has 38 heavy (non-hydrogen) atoms. The van der Waals surface area contributed by atoms with Crippen LogP contribution in [0.25, 0.3) is 0 Å². The maximum atomic E-state index is 13.0. The number of thioether (sulfide) groups is 1. The number of aryl methyl sites for hydroxylation is 2. The minimum atomic E-state index is -1.35. The molecule has 0 unspecified atom stereocenters. The summed E-state index contributed by atoms with van der Waals surface area (Å²) in [6.07, 6.45) is 4.25. The molecule has 2 aromatic rings. The number of rotatable bonds is 13. The average Bonchev–Trinajstić information content (AvgIpc) is 2.83. The molecule has 6 nitrogen and oxygen atoms in total. The highest BCUT2D eigenvalue weighted by atomic mass is 35.5. The van der Waals surface area contributed by atoms with Crippen molar-refractivity contribution in [2.24, 2.45) is 0 Å². The van der Waals surface area contributed by atoms with Gasteiger partial charge in [-0.05, 0) is 95.0 Å². The van der Waals surface area contributed by atoms with Crippen molar-refractivity contribution in [1.29, 1.82) is 0 Å². The molecule has 0 fully saturated rings. The average molecular weight is 558 g/mol. The SMILES string of the molecule is C=CCS/C(C(=O)NCc1cc(C)cc(Oc2ccc(OC(C)(C)C(=O)O)c(C)c2)c1)=C(/C)C/C=C(\C)Cl. The van der Waals surface area contributed by atoms with Gasteiger partial charge in [0.05, 0.1) is 4.91 Å². The molecule has 2 aromatic carbocycles. The first-order valence-corrected chi connectivity index (χ1v) is 13.5. The molecule has 0 aliphatic heterocycles. The number of amides is 1. The Bertz CT molecular complexity index is 1250. The Kier molecular flexibility index (Phi) is 11.5. The smallest absolute Gasteiger partial charge is 0.347 e. The van der Waals surface area contributed by atoms with Crippen LogP contribution in [0.3, 0.4) is 0 Å². The lowest BCUT2D eigenvalue weighted by atomic mass is 10.1. The zero-order valence-electron chi connectivity index (χ0n) is 22.8. The quantitative estimate of drug-likeness (QED) is 0.194. The number of carbonyl (C=O) groups is 2. The standard InChI is InChI=1S/C30H36ClNO5S/c1-8-13-38-27(20(3)9-10-22(5)31)28(33)32-18-23-14-19(2)15-25(17-23)36-24-11-12-26(21(4)16-24)37-30(6,7)29(34)35/h8,10-12,14-17H,1,9,13,18H2,2-7H3,(H,32,33)(H,34,35)/b22-10+,27-20-. The second kappa shape index (κ2) is 14.1. The van der Waals surface area contributed by atoms with Crippen LogP contribution in [-0.4, -0.2) is 28.3 Å². The molecule has 0 heterocycles. The summed E-state index contributed by atoms with van der Waals surface area (Å²) in [7, 11) is 0. The molecular formula is C30H36ClNO5S. The van der Waals surface area contributed by atoms with E-state index >= 15 is 0 Å². The van der Waals surface area contributed by atoms with Gasteiger partial charge in [0.1, 0.15) is 17.2 Å². The van der Waals surface area contributed by atoms with Crippen LogP contribution >= 0.6 is 23.4 Å². The summed E-state index contributed by atoms with van der Waals surface area (Å²) < 4.78 is 11.7. The summed E-state index contributed by atoms with van der Waals surface area (Å²) in [5.74, 6) is 1.13. The number of aliphatic carboxylic acids is 1. The second-order valence-corrected chi connectivity index (χ2v) is 11.1. The van der Waals surface area contributed by atoms with E-state index in [2.05, 4.69) is 11.9 Å². The molecule has 0 atom stereocenters. The molecule has 0 aliphatic carbocycles. The van der Waals surface area contributed by atoms with Gasteiger partial charge in [-0.1, -0.05) is 35.4 Å². The molecule has 0 saturated heterocycles. The number of carboxylic acids is 1. The molecular weight excluding hydrogens is 522 g/mol. The first kappa shape index (κ1) is 31.1. The Hall–Kier alpha value is -3.16. The van der Waals surface area contributed by atoms with Gasteiger partial charge in [0, 0.05) is 17.3 Å². The van der Waals surface area contributed by atoms with Gasteiger partial charge in [-0.15, -0.1) is 18.3 Å². The Balaban J connectivity index is 2.16. The van der Waals surface area contributed by atoms with Crippen LogP contribution in [0.4, 0.5) is 0 Å². The first-order chi connectivity index (χ1) is 17.8. The number of benzene rings is 2. The molecule has 1 amide bonds. The van der Waals surface area contributed by atoms with Crippen LogP contribution < -0.4 is 14.8 Å². The van der Waals surface area contributed by atoms with Gasteiger partial charge in [-0.2, -0.15) is 0 Å². The normalized spacial score (nSPS) is 12.4. The third-order valence-electron chi connectivity index (χ3n) is 5.45. The topological polar surface area (TPSA) is 84.9 Å². The number of halogens is 1. The maximum Gasteiger partial charge on any atom is 0.347 e. The van der Waals surface area contributed by atoms with E-state index in [1.54, 1.807) is 24.3 Å². The van der Waals surface area contributed by atoms with Crippen molar-refractivity contribution in [2.45, 2.75) is 60.1 Å². The fourth-order valence-electron chi connectivity index (χ4n) is 3.41. The molecule has 2 N–H and O–H groups in total. The molecule has 0 radical (unpaired) electrons. The summed E-state index contributed by atoms with van der Waals surface area (Å²) in [4.78, 5) is 25.1. The lowest BCUT2D eigenvalue weighted by Crippen LogP contribution is -2.38. The zero-order valence-corrected chi connectivity index (χ0v) is 24.4. The van der Waals surface area contributed by atoms with Crippen molar-refractivity contribution in [1.82, 2.24) is 5.32 Å². The monoisotopic (exact) mass is 557 g/mol. The highest BCUT2D eigenvalue weighted by molar-refractivity contribution is 8.04. The molecule has 0 aliphatic rings. The largest absolute Gasteiger partial charge is 0.478 e. The van der Waals surface area contributed by atoms with E-state index < -0.39 is 11.6 Å². The summed E-state index contributed by atoms with van der Waals surface area (Å²) in [6.45, 7) is 14.6. The van der Waals surface area contributed by atoms with Crippen molar-refractivity contribution < 1.29 is 24.2 Å². The Morgan fingerprint density at radius 2 is 1.84 bits per heavy atom. The highest BCUT2D eigenvalue weighted by Crippen LogP contribution is 2.31. The summed E-state index contributed by atoms with van der Waals surface area (Å²) >= 11 is 7.42. The number of nitrogens with one attached hydrogen (secondary N) is 1. The predicted molar refractivity (Wildman–Crippen MR) is 156 cm³/mol. The van der Waals surface area contributed by atoms with Crippen molar-refractivity contribution in [3.63, 3.8) is 0 Å². The van der Waals surface area contributed by atoms with Gasteiger partial charge in [-0.3, -0.25) is 4.79 Å². The summed E-state index contributed by atoms with van der Waals surface area (Å²) in [5, 5.41) is 13.0. The molecule has 0 bridgehead atoms. The summed E-state index contributed by atoms with van der Waals surface area (Å²) in [6, 6.07) is 11.0. The minimum absolute atomic E-state index is 0.144. The fraction of sp³-hybridized carbons (Fsp3) is 0.333. The van der Waals surface area contributed by atoms with E-state index in [9.17, 15) is 14.7 Å². The van der Waals surface area contributed by atoms with Crippen molar-refractivity contribution in [2.75, 3.05) is 5.75 Å². The maximum absolute atomic E-state index is 13.0. The minimum Gasteiger partial charge on any atom is -0.478 e. The number of hydrogen-bond donors (Lipinski definition) is 2. The van der Waals surface area contributed by atoms with E-state index in [1.165, 1.54) is 25.6 Å². The molecule has 8 heteroatoms. The molecule has 204 valence electrons. The van der Waals surface area contributed by atoms with E-state index in [-0.39, 0.29) is 5.91 Å². The first-order valence-electron chi connectivity index (χ1n) is 12.2. The van der Waals surface area contributed by atoms with Gasteiger partial charge < -0.3 is 19.9 Å². The number of hydrogen-bond acceptors (Lipinski definition) is 5. The second-order valence-electron chi connectivity index (χ2n) is 9.49. The van der Waals surface area contributed by atoms with Crippen molar-refractivity contribution >= 4 is 35.2 Å². The van der Waals surface area contributed by atoms with Gasteiger partial charge in [0.25, 0.3) is 5.91 Å². The predicted octanol–water partition coefficient (Wildman–Crippen LogP) is 7.68. The molecule has 0 saturated carbocycles. The molecule has 0 aromatic heterocycles.